The van der Waals surface area contributed by atoms with Crippen molar-refractivity contribution in [3.05, 3.63) is 78.9 Å². The lowest BCUT2D eigenvalue weighted by atomic mass is 10.0. The third-order valence-electron chi connectivity index (χ3n) is 4.95. The Balaban J connectivity index is 2.21. The molecule has 0 amide bonds. The lowest BCUT2D eigenvalue weighted by Gasteiger charge is -2.13. The third-order valence-corrected chi connectivity index (χ3v) is 4.95. The van der Waals surface area contributed by atoms with Gasteiger partial charge in [-0.15, -0.1) is 0 Å². The Bertz CT molecular complexity index is 1330. The van der Waals surface area contributed by atoms with Crippen molar-refractivity contribution in [1.29, 1.82) is 0 Å². The first kappa shape index (κ1) is 31.4. The number of carbonyl (C=O) groups is 5. The van der Waals surface area contributed by atoms with Crippen LogP contribution in [0.1, 0.15) is 27.2 Å². The summed E-state index contributed by atoms with van der Waals surface area (Å²) in [6.07, 6.45) is -0.217. The van der Waals surface area contributed by atoms with Crippen LogP contribution in [-0.4, -0.2) is 49.5 Å². The number of esters is 4. The van der Waals surface area contributed by atoms with E-state index in [1.165, 1.54) is 32.9 Å². The summed E-state index contributed by atoms with van der Waals surface area (Å²) in [5.41, 5.74) is 1.76. The number of ketones is 1. The van der Waals surface area contributed by atoms with Gasteiger partial charge in [-0.3, -0.25) is 9.59 Å². The Hall–Kier alpha value is -4.83. The van der Waals surface area contributed by atoms with Crippen molar-refractivity contribution in [1.82, 2.24) is 0 Å². The largest absolute Gasteiger partial charge is 0.462 e. The highest BCUT2D eigenvalue weighted by Crippen LogP contribution is 2.35. The second-order valence-electron chi connectivity index (χ2n) is 8.66. The molecular weight excluding hydrogens is 520 g/mol. The molecule has 0 bridgehead atoms. The first-order chi connectivity index (χ1) is 18.9. The van der Waals surface area contributed by atoms with E-state index in [4.69, 9.17) is 23.7 Å². The zero-order chi connectivity index (χ0) is 29.8. The Kier molecular flexibility index (Phi) is 11.7. The number of carbonyl (C=O) groups excluding carboxylic acids is 5. The SMILES string of the molecule is C=C(C)C(=O)COCC(=O)Oc1cc(OC(=O)CCOC(=O)C(=C)C)ccc1-c1ccc(OC(=O)C(=C)C)cc1. The quantitative estimate of drug-likeness (QED) is 0.190. The maximum absolute atomic E-state index is 12.5. The molecular formula is C30H30O10. The predicted molar refractivity (Wildman–Crippen MR) is 145 cm³/mol. The van der Waals surface area contributed by atoms with Crippen molar-refractivity contribution in [2.45, 2.75) is 27.2 Å². The average molecular weight is 551 g/mol. The molecule has 0 atom stereocenters. The molecule has 40 heavy (non-hydrogen) atoms. The number of ether oxygens (including phenoxy) is 5. The van der Waals surface area contributed by atoms with Crippen molar-refractivity contribution in [2.75, 3.05) is 19.8 Å². The fraction of sp³-hybridized carbons (Fsp3) is 0.233. The van der Waals surface area contributed by atoms with Crippen LogP contribution in [0, 0.1) is 0 Å². The van der Waals surface area contributed by atoms with Crippen LogP contribution in [0.25, 0.3) is 11.1 Å². The molecule has 0 fully saturated rings. The summed E-state index contributed by atoms with van der Waals surface area (Å²) >= 11 is 0. The van der Waals surface area contributed by atoms with Crippen LogP contribution in [0.2, 0.25) is 0 Å². The molecule has 10 nitrogen and oxygen atoms in total. The normalized spacial score (nSPS) is 10.2. The van der Waals surface area contributed by atoms with E-state index in [9.17, 15) is 24.0 Å². The fourth-order valence-corrected chi connectivity index (χ4v) is 2.82. The van der Waals surface area contributed by atoms with E-state index >= 15 is 0 Å². The van der Waals surface area contributed by atoms with Gasteiger partial charge in [-0.25, -0.2) is 14.4 Å². The van der Waals surface area contributed by atoms with Crippen LogP contribution in [-0.2, 0) is 33.4 Å². The molecule has 210 valence electrons. The summed E-state index contributed by atoms with van der Waals surface area (Å²) in [5.74, 6) is -2.68. The van der Waals surface area contributed by atoms with Crippen molar-refractivity contribution >= 4 is 29.7 Å². The van der Waals surface area contributed by atoms with E-state index in [2.05, 4.69) is 19.7 Å². The maximum Gasteiger partial charge on any atom is 0.338 e. The van der Waals surface area contributed by atoms with Gasteiger partial charge in [-0.2, -0.15) is 0 Å². The third kappa shape index (κ3) is 10.1. The number of benzene rings is 2. The molecule has 0 heterocycles. The lowest BCUT2D eigenvalue weighted by Crippen LogP contribution is -2.19. The molecule has 0 saturated heterocycles. The zero-order valence-electron chi connectivity index (χ0n) is 22.6. The van der Waals surface area contributed by atoms with Gasteiger partial charge in [0.2, 0.25) is 0 Å². The van der Waals surface area contributed by atoms with Gasteiger partial charge in [0.05, 0.1) is 6.42 Å². The minimum absolute atomic E-state index is 0.0329. The second kappa shape index (κ2) is 14.9. The summed E-state index contributed by atoms with van der Waals surface area (Å²) in [6.45, 7) is 14.0. The van der Waals surface area contributed by atoms with Crippen LogP contribution in [0.4, 0.5) is 0 Å². The summed E-state index contributed by atoms with van der Waals surface area (Å²) in [6, 6.07) is 10.8. The topological polar surface area (TPSA) is 132 Å². The van der Waals surface area contributed by atoms with E-state index < -0.39 is 30.5 Å². The van der Waals surface area contributed by atoms with E-state index in [0.29, 0.717) is 11.1 Å². The highest BCUT2D eigenvalue weighted by Gasteiger charge is 2.16. The molecule has 0 N–H and O–H groups in total. The fourth-order valence-electron chi connectivity index (χ4n) is 2.82. The first-order valence-corrected chi connectivity index (χ1v) is 12.0. The zero-order valence-corrected chi connectivity index (χ0v) is 22.6. The molecule has 0 spiro atoms. The molecule has 2 rings (SSSR count). The van der Waals surface area contributed by atoms with Crippen LogP contribution < -0.4 is 14.2 Å². The number of Topliss-reactive ketones (excluding diaryl/α,β-unsaturated/α-hetero) is 1. The van der Waals surface area contributed by atoms with Gasteiger partial charge in [0.15, 0.2) is 5.78 Å². The Morgan fingerprint density at radius 2 is 1.30 bits per heavy atom. The van der Waals surface area contributed by atoms with Crippen molar-refractivity contribution < 1.29 is 47.7 Å². The van der Waals surface area contributed by atoms with Gasteiger partial charge in [-0.05, 0) is 56.2 Å². The minimum atomic E-state index is -0.807. The molecule has 0 unspecified atom stereocenters. The summed E-state index contributed by atoms with van der Waals surface area (Å²) < 4.78 is 26.0. The van der Waals surface area contributed by atoms with Gasteiger partial charge in [0.25, 0.3) is 0 Å². The minimum Gasteiger partial charge on any atom is -0.462 e. The molecule has 0 radical (unpaired) electrons. The summed E-state index contributed by atoms with van der Waals surface area (Å²) in [5, 5.41) is 0. The maximum atomic E-state index is 12.5. The van der Waals surface area contributed by atoms with E-state index in [0.717, 1.165) is 0 Å². The van der Waals surface area contributed by atoms with Crippen LogP contribution in [0.3, 0.4) is 0 Å². The molecule has 2 aromatic rings. The van der Waals surface area contributed by atoms with Gasteiger partial charge < -0.3 is 23.7 Å². The Morgan fingerprint density at radius 3 is 1.90 bits per heavy atom. The van der Waals surface area contributed by atoms with Gasteiger partial charge >= 0.3 is 23.9 Å². The number of hydrogen-bond donors (Lipinski definition) is 0. The Morgan fingerprint density at radius 1 is 0.675 bits per heavy atom. The standard InChI is InChI=1S/C30H30O10/c1-18(2)25(31)16-36-17-28(33)40-26-15-23(38-27(32)13-14-37-29(34)19(3)4)11-12-24(26)21-7-9-22(10-8-21)39-30(35)20(5)6/h7-12,15H,1,3,5,13-14,16-17H2,2,4,6H3. The summed E-state index contributed by atoms with van der Waals surface area (Å²) in [7, 11) is 0. The van der Waals surface area contributed by atoms with Gasteiger partial charge in [-0.1, -0.05) is 31.9 Å². The molecule has 2 aromatic carbocycles. The molecule has 0 aliphatic carbocycles. The van der Waals surface area contributed by atoms with Crippen LogP contribution >= 0.6 is 0 Å². The molecule has 0 aromatic heterocycles. The van der Waals surface area contributed by atoms with Crippen LogP contribution in [0.15, 0.2) is 78.9 Å². The Labute approximate surface area is 231 Å². The predicted octanol–water partition coefficient (Wildman–Crippen LogP) is 4.32. The molecule has 0 saturated carbocycles. The second-order valence-corrected chi connectivity index (χ2v) is 8.66. The van der Waals surface area contributed by atoms with E-state index in [1.54, 1.807) is 30.3 Å². The monoisotopic (exact) mass is 550 g/mol. The number of hydrogen-bond acceptors (Lipinski definition) is 10. The van der Waals surface area contributed by atoms with Gasteiger partial charge in [0.1, 0.15) is 37.1 Å². The first-order valence-electron chi connectivity index (χ1n) is 12.0. The lowest BCUT2D eigenvalue weighted by molar-refractivity contribution is -0.142. The highest BCUT2D eigenvalue weighted by atomic mass is 16.6. The molecule has 0 aliphatic rings. The molecule has 0 aliphatic heterocycles. The van der Waals surface area contributed by atoms with E-state index in [-0.39, 0.29) is 59.4 Å². The molecule has 10 heteroatoms. The van der Waals surface area contributed by atoms with Crippen molar-refractivity contribution in [2.24, 2.45) is 0 Å². The highest BCUT2D eigenvalue weighted by molar-refractivity contribution is 5.95. The summed E-state index contributed by atoms with van der Waals surface area (Å²) in [4.78, 5) is 59.6. The van der Waals surface area contributed by atoms with Crippen molar-refractivity contribution in [3.63, 3.8) is 0 Å². The average Bonchev–Trinajstić information content (AvgIpc) is 2.89. The van der Waals surface area contributed by atoms with E-state index in [1.807, 2.05) is 0 Å². The number of rotatable bonds is 14. The van der Waals surface area contributed by atoms with Crippen molar-refractivity contribution in [3.8, 4) is 28.4 Å². The van der Waals surface area contributed by atoms with Gasteiger partial charge in [0, 0.05) is 22.8 Å². The van der Waals surface area contributed by atoms with Crippen LogP contribution in [0.5, 0.6) is 17.2 Å². The smallest absolute Gasteiger partial charge is 0.338 e.